The van der Waals surface area contributed by atoms with E-state index < -0.39 is 41.7 Å². The predicted octanol–water partition coefficient (Wildman–Crippen LogP) is 1.16. The van der Waals surface area contributed by atoms with Crippen molar-refractivity contribution in [1.82, 2.24) is 4.98 Å². The summed E-state index contributed by atoms with van der Waals surface area (Å²) in [5, 5.41) is 8.38. The molecule has 1 N–H and O–H groups in total. The van der Waals surface area contributed by atoms with E-state index in [9.17, 15) is 22.4 Å². The topological polar surface area (TPSA) is 53.4 Å². The Morgan fingerprint density at radius 3 is 2.06 bits per heavy atom. The van der Waals surface area contributed by atoms with Crippen molar-refractivity contribution >= 4 is 11.7 Å². The molecule has 88 valence electrons. The normalized spacial score (nSPS) is 10.3. The summed E-state index contributed by atoms with van der Waals surface area (Å²) in [6.45, 7) is -0.809. The molecule has 0 saturated carbocycles. The van der Waals surface area contributed by atoms with Crippen molar-refractivity contribution in [1.29, 1.82) is 0 Å². The summed E-state index contributed by atoms with van der Waals surface area (Å²) in [6, 6.07) is 0. The lowest BCUT2D eigenvalue weighted by Gasteiger charge is -2.18. The second-order valence-corrected chi connectivity index (χ2v) is 2.92. The van der Waals surface area contributed by atoms with E-state index in [0.717, 1.165) is 7.05 Å². The van der Waals surface area contributed by atoms with Gasteiger partial charge in [0.2, 0.25) is 11.6 Å². The Morgan fingerprint density at radius 2 is 1.69 bits per heavy atom. The number of aliphatic carboxylic acids is 1. The quantitative estimate of drug-likeness (QED) is 0.634. The van der Waals surface area contributed by atoms with E-state index in [0.29, 0.717) is 4.90 Å². The average Bonchev–Trinajstić information content (AvgIpc) is 2.14. The van der Waals surface area contributed by atoms with Gasteiger partial charge >= 0.3 is 5.97 Å². The molecular formula is C8H6F4N2O2. The highest BCUT2D eigenvalue weighted by atomic mass is 19.2. The van der Waals surface area contributed by atoms with Crippen LogP contribution >= 0.6 is 0 Å². The lowest BCUT2D eigenvalue weighted by atomic mass is 10.3. The Labute approximate surface area is 87.1 Å². The molecule has 0 aliphatic carbocycles. The molecule has 8 heteroatoms. The highest BCUT2D eigenvalue weighted by molar-refractivity contribution is 5.73. The van der Waals surface area contributed by atoms with E-state index in [2.05, 4.69) is 4.98 Å². The van der Waals surface area contributed by atoms with Crippen molar-refractivity contribution in [3.8, 4) is 0 Å². The van der Waals surface area contributed by atoms with Crippen molar-refractivity contribution in [2.75, 3.05) is 18.5 Å². The summed E-state index contributed by atoms with van der Waals surface area (Å²) >= 11 is 0. The molecule has 0 atom stereocenters. The average molecular weight is 238 g/mol. The molecule has 0 amide bonds. The van der Waals surface area contributed by atoms with Gasteiger partial charge in [0.05, 0.1) is 0 Å². The number of aromatic nitrogens is 1. The number of carboxylic acids is 1. The van der Waals surface area contributed by atoms with Crippen LogP contribution in [0, 0.1) is 23.5 Å². The highest BCUT2D eigenvalue weighted by Gasteiger charge is 2.24. The van der Waals surface area contributed by atoms with Crippen molar-refractivity contribution in [3.63, 3.8) is 0 Å². The van der Waals surface area contributed by atoms with Crippen LogP contribution < -0.4 is 4.90 Å². The first kappa shape index (κ1) is 12.2. The molecule has 0 saturated heterocycles. The molecule has 4 nitrogen and oxygen atoms in total. The van der Waals surface area contributed by atoms with E-state index in [-0.39, 0.29) is 0 Å². The molecule has 0 aliphatic rings. The zero-order valence-corrected chi connectivity index (χ0v) is 7.97. The smallest absolute Gasteiger partial charge is 0.323 e. The minimum absolute atomic E-state index is 0.529. The minimum Gasteiger partial charge on any atom is -0.480 e. The lowest BCUT2D eigenvalue weighted by molar-refractivity contribution is -0.135. The monoisotopic (exact) mass is 238 g/mol. The molecule has 1 aromatic rings. The number of nitrogens with zero attached hydrogens (tertiary/aromatic N) is 2. The number of carboxylic acid groups (broad SMARTS) is 1. The van der Waals surface area contributed by atoms with Crippen molar-refractivity contribution in [3.05, 3.63) is 23.5 Å². The second kappa shape index (κ2) is 4.33. The molecule has 16 heavy (non-hydrogen) atoms. The number of rotatable bonds is 3. The fourth-order valence-corrected chi connectivity index (χ4v) is 1.09. The number of halogens is 4. The van der Waals surface area contributed by atoms with Crippen molar-refractivity contribution < 1.29 is 27.5 Å². The molecule has 0 radical (unpaired) electrons. The van der Waals surface area contributed by atoms with Gasteiger partial charge in [0.25, 0.3) is 11.9 Å². The van der Waals surface area contributed by atoms with Crippen LogP contribution in [0.2, 0.25) is 0 Å². The summed E-state index contributed by atoms with van der Waals surface area (Å²) in [7, 11) is 0.981. The molecule has 1 heterocycles. The molecule has 1 aromatic heterocycles. The SMILES string of the molecule is CN(CC(=O)O)c1c(F)c(F)nc(F)c1F. The Hall–Kier alpha value is -1.86. The van der Waals surface area contributed by atoms with Gasteiger partial charge < -0.3 is 10.0 Å². The maximum Gasteiger partial charge on any atom is 0.323 e. The molecule has 0 aliphatic heterocycles. The molecule has 0 fully saturated rings. The Kier molecular flexibility index (Phi) is 3.31. The maximum atomic E-state index is 13.1. The van der Waals surface area contributed by atoms with Gasteiger partial charge in [-0.15, -0.1) is 0 Å². The van der Waals surface area contributed by atoms with E-state index in [1.54, 1.807) is 0 Å². The van der Waals surface area contributed by atoms with Gasteiger partial charge in [-0.25, -0.2) is 0 Å². The number of hydrogen-bond donors (Lipinski definition) is 1. The molecule has 0 aromatic carbocycles. The summed E-state index contributed by atoms with van der Waals surface area (Å²) < 4.78 is 51.4. The zero-order chi connectivity index (χ0) is 12.5. The number of anilines is 1. The maximum absolute atomic E-state index is 13.1. The van der Waals surface area contributed by atoms with E-state index >= 15 is 0 Å². The van der Waals surface area contributed by atoms with E-state index in [1.807, 2.05) is 0 Å². The molecular weight excluding hydrogens is 232 g/mol. The van der Waals surface area contributed by atoms with Gasteiger partial charge in [-0.3, -0.25) is 4.79 Å². The summed E-state index contributed by atoms with van der Waals surface area (Å²) in [4.78, 5) is 13.2. The highest BCUT2D eigenvalue weighted by Crippen LogP contribution is 2.24. The molecule has 0 unspecified atom stereocenters. The fourth-order valence-electron chi connectivity index (χ4n) is 1.09. The van der Waals surface area contributed by atoms with Crippen LogP contribution in [-0.4, -0.2) is 29.7 Å². The fraction of sp³-hybridized carbons (Fsp3) is 0.250. The third kappa shape index (κ3) is 2.20. The third-order valence-electron chi connectivity index (χ3n) is 1.73. The number of likely N-dealkylation sites (N-methyl/N-ethyl adjacent to an activating group) is 1. The third-order valence-corrected chi connectivity index (χ3v) is 1.73. The van der Waals surface area contributed by atoms with Crippen LogP contribution in [0.15, 0.2) is 0 Å². The van der Waals surface area contributed by atoms with Crippen molar-refractivity contribution in [2.24, 2.45) is 0 Å². The largest absolute Gasteiger partial charge is 0.480 e. The van der Waals surface area contributed by atoms with Gasteiger partial charge in [0.15, 0.2) is 0 Å². The first-order valence-electron chi connectivity index (χ1n) is 3.97. The number of hydrogen-bond acceptors (Lipinski definition) is 3. The van der Waals surface area contributed by atoms with Crippen LogP contribution in [-0.2, 0) is 4.79 Å². The van der Waals surface area contributed by atoms with Crippen molar-refractivity contribution in [2.45, 2.75) is 0 Å². The Morgan fingerprint density at radius 1 is 1.25 bits per heavy atom. The van der Waals surface area contributed by atoms with E-state index in [4.69, 9.17) is 5.11 Å². The van der Waals surface area contributed by atoms with Gasteiger partial charge in [0.1, 0.15) is 12.2 Å². The molecule has 0 spiro atoms. The van der Waals surface area contributed by atoms with Crippen LogP contribution in [0.4, 0.5) is 23.2 Å². The van der Waals surface area contributed by atoms with Gasteiger partial charge in [-0.05, 0) is 0 Å². The van der Waals surface area contributed by atoms with Crippen LogP contribution in [0.25, 0.3) is 0 Å². The number of pyridine rings is 1. The summed E-state index contributed by atoms with van der Waals surface area (Å²) in [6.07, 6.45) is 0. The summed E-state index contributed by atoms with van der Waals surface area (Å²) in [5.74, 6) is -8.53. The molecule has 0 bridgehead atoms. The van der Waals surface area contributed by atoms with Crippen LogP contribution in [0.1, 0.15) is 0 Å². The number of carbonyl (C=O) groups is 1. The standard InChI is InChI=1S/C8H6F4N2O2/c1-14(2-3(15)16)6-4(9)7(11)13-8(12)5(6)10/h2H2,1H3,(H,15,16). The predicted molar refractivity (Wildman–Crippen MR) is 45.0 cm³/mol. The minimum atomic E-state index is -1.83. The van der Waals surface area contributed by atoms with Gasteiger partial charge in [0, 0.05) is 7.05 Å². The Balaban J connectivity index is 3.26. The van der Waals surface area contributed by atoms with E-state index in [1.165, 1.54) is 0 Å². The van der Waals surface area contributed by atoms with Crippen LogP contribution in [0.3, 0.4) is 0 Å². The lowest BCUT2D eigenvalue weighted by Crippen LogP contribution is -2.28. The first-order chi connectivity index (χ1) is 7.34. The summed E-state index contributed by atoms with van der Waals surface area (Å²) in [5.41, 5.74) is -1.10. The van der Waals surface area contributed by atoms with Crippen LogP contribution in [0.5, 0.6) is 0 Å². The zero-order valence-electron chi connectivity index (χ0n) is 7.97. The van der Waals surface area contributed by atoms with Gasteiger partial charge in [-0.2, -0.15) is 22.5 Å². The first-order valence-corrected chi connectivity index (χ1v) is 3.97. The second-order valence-electron chi connectivity index (χ2n) is 2.92. The molecule has 1 rings (SSSR count). The van der Waals surface area contributed by atoms with Gasteiger partial charge in [-0.1, -0.05) is 0 Å². The Bertz CT molecular complexity index is 412.